The van der Waals surface area contributed by atoms with Gasteiger partial charge in [0.25, 0.3) is 11.8 Å². The number of nitrogens with one attached hydrogen (secondary N) is 1. The fourth-order valence-electron chi connectivity index (χ4n) is 5.16. The van der Waals surface area contributed by atoms with Crippen LogP contribution in [0.4, 0.5) is 4.79 Å². The second kappa shape index (κ2) is 10.8. The number of benzene rings is 2. The van der Waals surface area contributed by atoms with Gasteiger partial charge in [-0.25, -0.2) is 4.79 Å². The van der Waals surface area contributed by atoms with E-state index in [4.69, 9.17) is 11.6 Å². The van der Waals surface area contributed by atoms with E-state index in [1.54, 1.807) is 24.3 Å². The number of hydrogen-bond donors (Lipinski definition) is 1. The lowest BCUT2D eigenvalue weighted by Crippen LogP contribution is -2.57. The summed E-state index contributed by atoms with van der Waals surface area (Å²) in [5, 5.41) is 3.64. The zero-order valence-electron chi connectivity index (χ0n) is 20.4. The number of nitrogens with zero attached hydrogens (tertiary/aromatic N) is 3. The third-order valence-electron chi connectivity index (χ3n) is 7.17. The van der Waals surface area contributed by atoms with Crippen molar-refractivity contribution in [2.75, 3.05) is 40.3 Å². The molecule has 2 aromatic rings. The van der Waals surface area contributed by atoms with Crippen LogP contribution in [0.25, 0.3) is 0 Å². The first-order chi connectivity index (χ1) is 16.8. The molecule has 2 saturated heterocycles. The van der Waals surface area contributed by atoms with Crippen LogP contribution in [-0.2, 0) is 11.2 Å². The number of carbonyl (C=O) groups excluding carboxylic acids is 3. The number of likely N-dealkylation sites (N-methyl/N-ethyl adjacent to an activating group) is 1. The Morgan fingerprint density at radius 1 is 1.09 bits per heavy atom. The highest BCUT2D eigenvalue weighted by atomic mass is 35.5. The summed E-state index contributed by atoms with van der Waals surface area (Å²) in [5.41, 5.74) is 0.744. The van der Waals surface area contributed by atoms with E-state index < -0.39 is 5.54 Å². The fraction of sp³-hybridized carbons (Fsp3) is 0.444. The van der Waals surface area contributed by atoms with E-state index in [9.17, 15) is 14.4 Å². The predicted octanol–water partition coefficient (Wildman–Crippen LogP) is 3.68. The molecule has 35 heavy (non-hydrogen) atoms. The van der Waals surface area contributed by atoms with Crippen molar-refractivity contribution in [3.63, 3.8) is 0 Å². The summed E-state index contributed by atoms with van der Waals surface area (Å²) < 4.78 is 0. The number of amides is 4. The molecule has 8 heteroatoms. The second-order valence-corrected chi connectivity index (χ2v) is 10.2. The smallest absolute Gasteiger partial charge is 0.325 e. The molecule has 0 radical (unpaired) electrons. The molecule has 186 valence electrons. The normalized spacial score (nSPS) is 21.0. The number of rotatable bonds is 8. The maximum Gasteiger partial charge on any atom is 0.325 e. The highest BCUT2D eigenvalue weighted by Gasteiger charge is 2.55. The molecule has 0 unspecified atom stereocenters. The molecule has 2 aliphatic rings. The predicted molar refractivity (Wildman–Crippen MR) is 136 cm³/mol. The van der Waals surface area contributed by atoms with Gasteiger partial charge in [-0.2, -0.15) is 0 Å². The maximum atomic E-state index is 13.8. The van der Waals surface area contributed by atoms with Crippen molar-refractivity contribution >= 4 is 29.4 Å². The molecule has 4 amide bonds. The van der Waals surface area contributed by atoms with E-state index in [1.807, 2.05) is 54.2 Å². The molecular formula is C27H33ClN4O3. The van der Waals surface area contributed by atoms with Crippen LogP contribution >= 0.6 is 11.6 Å². The molecule has 2 fully saturated rings. The fourth-order valence-corrected chi connectivity index (χ4v) is 5.35. The zero-order chi connectivity index (χ0) is 25.0. The minimum absolute atomic E-state index is 0.0459. The Balaban J connectivity index is 1.51. The van der Waals surface area contributed by atoms with E-state index in [0.717, 1.165) is 5.56 Å². The van der Waals surface area contributed by atoms with Gasteiger partial charge >= 0.3 is 6.03 Å². The summed E-state index contributed by atoms with van der Waals surface area (Å²) in [6, 6.07) is 16.7. The number of piperidine rings is 1. The summed E-state index contributed by atoms with van der Waals surface area (Å²) in [6.45, 7) is 2.03. The van der Waals surface area contributed by atoms with Crippen molar-refractivity contribution in [1.29, 1.82) is 0 Å². The van der Waals surface area contributed by atoms with Crippen LogP contribution in [0.5, 0.6) is 0 Å². The first-order valence-corrected chi connectivity index (χ1v) is 12.6. The number of imide groups is 1. The monoisotopic (exact) mass is 496 g/mol. The average Bonchev–Trinajstić information content (AvgIpc) is 3.11. The van der Waals surface area contributed by atoms with Crippen molar-refractivity contribution in [2.45, 2.75) is 31.2 Å². The summed E-state index contributed by atoms with van der Waals surface area (Å²) in [7, 11) is 3.85. The lowest BCUT2D eigenvalue weighted by molar-refractivity contribution is -0.134. The van der Waals surface area contributed by atoms with Gasteiger partial charge in [-0.15, -0.1) is 0 Å². The highest BCUT2D eigenvalue weighted by Crippen LogP contribution is 2.37. The van der Waals surface area contributed by atoms with Gasteiger partial charge in [-0.3, -0.25) is 14.5 Å². The van der Waals surface area contributed by atoms with Crippen molar-refractivity contribution in [2.24, 2.45) is 5.92 Å². The largest absolute Gasteiger partial charge is 0.339 e. The van der Waals surface area contributed by atoms with Gasteiger partial charge in [0.15, 0.2) is 0 Å². The van der Waals surface area contributed by atoms with E-state index in [0.29, 0.717) is 62.4 Å². The Morgan fingerprint density at radius 2 is 1.80 bits per heavy atom. The summed E-state index contributed by atoms with van der Waals surface area (Å²) in [4.78, 5) is 44.9. The molecule has 1 atom stereocenters. The molecule has 0 saturated carbocycles. The quantitative estimate of drug-likeness (QED) is 0.566. The lowest BCUT2D eigenvalue weighted by atomic mass is 9.74. The number of urea groups is 1. The van der Waals surface area contributed by atoms with Crippen molar-refractivity contribution in [1.82, 2.24) is 20.0 Å². The average molecular weight is 497 g/mol. The number of likely N-dealkylation sites (tertiary alicyclic amines) is 1. The van der Waals surface area contributed by atoms with Crippen LogP contribution < -0.4 is 5.32 Å². The number of halogens is 1. The van der Waals surface area contributed by atoms with E-state index in [-0.39, 0.29) is 23.8 Å². The Bertz CT molecular complexity index is 1070. The molecule has 7 nitrogen and oxygen atoms in total. The topological polar surface area (TPSA) is 73.0 Å². The Kier molecular flexibility index (Phi) is 7.77. The molecular weight excluding hydrogens is 464 g/mol. The minimum Gasteiger partial charge on any atom is -0.339 e. The number of aryl methyl sites for hydroxylation is 1. The van der Waals surface area contributed by atoms with Crippen LogP contribution in [0.15, 0.2) is 54.6 Å². The molecule has 2 aliphatic heterocycles. The van der Waals surface area contributed by atoms with Crippen molar-refractivity contribution < 1.29 is 14.4 Å². The molecule has 0 bridgehead atoms. The molecule has 0 aromatic heterocycles. The Hall–Kier alpha value is -2.90. The van der Waals surface area contributed by atoms with Gasteiger partial charge in [0, 0.05) is 36.8 Å². The standard InChI is InChI=1S/C27H33ClN4O3/c1-30(2)17-18-32-25(34)27(29-26(32)35,14-11-20-7-4-3-5-8-20)22-12-15-31(16-13-22)24(33)21-9-6-10-23(28)19-21/h3-10,19,22H,11-18H2,1-2H3,(H,29,35)/t27-/m1/s1. The lowest BCUT2D eigenvalue weighted by Gasteiger charge is -2.41. The SMILES string of the molecule is CN(C)CCN1C(=O)N[C@](CCc2ccccc2)(C2CCN(C(=O)c3cccc(Cl)c3)CC2)C1=O. The van der Waals surface area contributed by atoms with Crippen LogP contribution in [-0.4, -0.2) is 78.4 Å². The summed E-state index contributed by atoms with van der Waals surface area (Å²) in [6.07, 6.45) is 2.52. The summed E-state index contributed by atoms with van der Waals surface area (Å²) in [5.74, 6) is -0.242. The van der Waals surface area contributed by atoms with E-state index in [1.165, 1.54) is 4.90 Å². The van der Waals surface area contributed by atoms with Crippen LogP contribution in [0.1, 0.15) is 35.2 Å². The van der Waals surface area contributed by atoms with Gasteiger partial charge in [-0.1, -0.05) is 48.0 Å². The Morgan fingerprint density at radius 3 is 2.46 bits per heavy atom. The second-order valence-electron chi connectivity index (χ2n) is 9.72. The first-order valence-electron chi connectivity index (χ1n) is 12.2. The van der Waals surface area contributed by atoms with Crippen molar-refractivity contribution in [3.8, 4) is 0 Å². The van der Waals surface area contributed by atoms with Gasteiger partial charge < -0.3 is 15.1 Å². The van der Waals surface area contributed by atoms with Crippen LogP contribution in [0.2, 0.25) is 5.02 Å². The van der Waals surface area contributed by atoms with Crippen molar-refractivity contribution in [3.05, 3.63) is 70.7 Å². The van der Waals surface area contributed by atoms with Crippen LogP contribution in [0, 0.1) is 5.92 Å². The molecule has 1 N–H and O–H groups in total. The minimum atomic E-state index is -0.954. The van der Waals surface area contributed by atoms with Gasteiger partial charge in [0.1, 0.15) is 5.54 Å². The first kappa shape index (κ1) is 25.2. The molecule has 0 aliphatic carbocycles. The maximum absolute atomic E-state index is 13.8. The van der Waals surface area contributed by atoms with Gasteiger partial charge in [-0.05, 0) is 69.5 Å². The molecule has 4 rings (SSSR count). The highest BCUT2D eigenvalue weighted by molar-refractivity contribution is 6.30. The zero-order valence-corrected chi connectivity index (χ0v) is 21.1. The number of carbonyl (C=O) groups is 3. The van der Waals surface area contributed by atoms with Gasteiger partial charge in [0.2, 0.25) is 0 Å². The summed E-state index contributed by atoms with van der Waals surface area (Å²) >= 11 is 6.07. The van der Waals surface area contributed by atoms with E-state index >= 15 is 0 Å². The third kappa shape index (κ3) is 5.52. The Labute approximate surface area is 212 Å². The third-order valence-corrected chi connectivity index (χ3v) is 7.41. The van der Waals surface area contributed by atoms with Crippen LogP contribution in [0.3, 0.4) is 0 Å². The van der Waals surface area contributed by atoms with Gasteiger partial charge in [0.05, 0.1) is 0 Å². The molecule has 0 spiro atoms. The molecule has 2 aromatic carbocycles. The van der Waals surface area contributed by atoms with E-state index in [2.05, 4.69) is 5.32 Å². The number of hydrogen-bond acceptors (Lipinski definition) is 4. The molecule has 2 heterocycles.